The van der Waals surface area contributed by atoms with E-state index in [1.54, 1.807) is 24.3 Å². The van der Waals surface area contributed by atoms with E-state index in [9.17, 15) is 14.9 Å². The zero-order valence-corrected chi connectivity index (χ0v) is 14.8. The van der Waals surface area contributed by atoms with Gasteiger partial charge in [0.05, 0.1) is 21.9 Å². The lowest BCUT2D eigenvalue weighted by atomic mass is 10.0. The lowest BCUT2D eigenvalue weighted by Gasteiger charge is -2.30. The zero-order chi connectivity index (χ0) is 18.8. The first-order chi connectivity index (χ1) is 12.4. The molecule has 0 aliphatic carbocycles. The molecule has 0 aliphatic heterocycles. The molecule has 7 heteroatoms. The lowest BCUT2D eigenvalue weighted by molar-refractivity contribution is -0.385. The van der Waals surface area contributed by atoms with Crippen molar-refractivity contribution in [3.63, 3.8) is 0 Å². The maximum absolute atomic E-state index is 12.3. The summed E-state index contributed by atoms with van der Waals surface area (Å²) >= 11 is 0. The van der Waals surface area contributed by atoms with E-state index < -0.39 is 4.92 Å². The first kappa shape index (κ1) is 17.8. The molecule has 0 fully saturated rings. The molecule has 3 aromatic rings. The first-order valence-corrected chi connectivity index (χ1v) is 8.33. The number of benzene rings is 2. The Morgan fingerprint density at radius 1 is 1.12 bits per heavy atom. The van der Waals surface area contributed by atoms with Gasteiger partial charge in [-0.2, -0.15) is 0 Å². The van der Waals surface area contributed by atoms with Crippen LogP contribution in [-0.2, 0) is 0 Å². The highest BCUT2D eigenvalue weighted by atomic mass is 16.6. The monoisotopic (exact) mass is 352 g/mol. The number of nitro groups is 1. The third-order valence-electron chi connectivity index (χ3n) is 4.81. The number of nitro benzene ring substituents is 1. The van der Waals surface area contributed by atoms with Crippen LogP contribution < -0.4 is 5.56 Å². The van der Waals surface area contributed by atoms with Gasteiger partial charge in [-0.1, -0.05) is 24.3 Å². The molecule has 0 saturated heterocycles. The van der Waals surface area contributed by atoms with E-state index in [4.69, 9.17) is 0 Å². The smallest absolute Gasteiger partial charge is 0.269 e. The summed E-state index contributed by atoms with van der Waals surface area (Å²) in [6, 6.07) is 13.5. The molecular formula is C19H20N4O3. The number of H-pyrrole nitrogens is 1. The molecule has 1 N–H and O–H groups in total. The van der Waals surface area contributed by atoms with Crippen molar-refractivity contribution in [1.82, 2.24) is 14.9 Å². The van der Waals surface area contributed by atoms with Crippen LogP contribution >= 0.6 is 0 Å². The normalized spacial score (nSPS) is 13.7. The Morgan fingerprint density at radius 3 is 2.58 bits per heavy atom. The van der Waals surface area contributed by atoms with Gasteiger partial charge in [-0.05, 0) is 38.6 Å². The van der Waals surface area contributed by atoms with E-state index in [1.807, 2.05) is 44.0 Å². The number of nitrogens with one attached hydrogen (secondary N) is 1. The molecule has 2 aromatic carbocycles. The molecule has 26 heavy (non-hydrogen) atoms. The SMILES string of the molecule is C[C@H](c1cccc([N+](=O)[O-])c1)N(C)[C@H](C)c1nc2ccccc2c(=O)[nH]1. The van der Waals surface area contributed by atoms with Crippen LogP contribution in [0, 0.1) is 10.1 Å². The molecule has 0 amide bonds. The van der Waals surface area contributed by atoms with Crippen LogP contribution in [-0.4, -0.2) is 26.8 Å². The zero-order valence-electron chi connectivity index (χ0n) is 14.8. The van der Waals surface area contributed by atoms with Crippen LogP contribution in [0.25, 0.3) is 10.9 Å². The molecule has 1 heterocycles. The molecule has 0 spiro atoms. The number of hydrogen-bond donors (Lipinski definition) is 1. The summed E-state index contributed by atoms with van der Waals surface area (Å²) in [7, 11) is 1.91. The predicted octanol–water partition coefficient (Wildman–Crippen LogP) is 3.59. The van der Waals surface area contributed by atoms with Crippen LogP contribution in [0.5, 0.6) is 0 Å². The highest BCUT2D eigenvalue weighted by Gasteiger charge is 2.22. The summed E-state index contributed by atoms with van der Waals surface area (Å²) in [5.74, 6) is 0.563. The van der Waals surface area contributed by atoms with Gasteiger partial charge in [0.1, 0.15) is 5.82 Å². The molecule has 0 bridgehead atoms. The van der Waals surface area contributed by atoms with Crippen LogP contribution in [0.3, 0.4) is 0 Å². The molecule has 0 aliphatic rings. The molecule has 0 radical (unpaired) electrons. The summed E-state index contributed by atoms with van der Waals surface area (Å²) in [5.41, 5.74) is 1.37. The summed E-state index contributed by atoms with van der Waals surface area (Å²) < 4.78 is 0. The Kier molecular flexibility index (Phi) is 4.81. The standard InChI is InChI=1S/C19H20N4O3/c1-12(14-7-6-8-15(11-14)23(25)26)22(3)13(2)18-20-17-10-5-4-9-16(17)19(24)21-18/h4-13H,1-3H3,(H,20,21,24)/t12-,13-/m1/s1. The minimum Gasteiger partial charge on any atom is -0.309 e. The van der Waals surface area contributed by atoms with E-state index in [2.05, 4.69) is 9.97 Å². The lowest BCUT2D eigenvalue weighted by Crippen LogP contribution is -2.28. The quantitative estimate of drug-likeness (QED) is 0.559. The second-order valence-electron chi connectivity index (χ2n) is 6.34. The van der Waals surface area contributed by atoms with Gasteiger partial charge >= 0.3 is 0 Å². The predicted molar refractivity (Wildman–Crippen MR) is 100 cm³/mol. The Hall–Kier alpha value is -3.06. The molecular weight excluding hydrogens is 332 g/mol. The highest BCUT2D eigenvalue weighted by molar-refractivity contribution is 5.77. The van der Waals surface area contributed by atoms with Gasteiger partial charge in [-0.3, -0.25) is 19.8 Å². The van der Waals surface area contributed by atoms with E-state index in [0.29, 0.717) is 16.7 Å². The Bertz CT molecular complexity index is 1010. The number of non-ortho nitro benzene ring substituents is 1. The van der Waals surface area contributed by atoms with Gasteiger partial charge < -0.3 is 4.98 Å². The molecule has 2 atom stereocenters. The number of fused-ring (bicyclic) bond motifs is 1. The van der Waals surface area contributed by atoms with Crippen molar-refractivity contribution in [1.29, 1.82) is 0 Å². The fraction of sp³-hybridized carbons (Fsp3) is 0.263. The van der Waals surface area contributed by atoms with E-state index in [-0.39, 0.29) is 23.3 Å². The maximum Gasteiger partial charge on any atom is 0.269 e. The average Bonchev–Trinajstić information content (AvgIpc) is 2.66. The largest absolute Gasteiger partial charge is 0.309 e. The van der Waals surface area contributed by atoms with Gasteiger partial charge in [0.2, 0.25) is 0 Å². The summed E-state index contributed by atoms with van der Waals surface area (Å²) in [6.45, 7) is 3.91. The summed E-state index contributed by atoms with van der Waals surface area (Å²) in [6.07, 6.45) is 0. The summed E-state index contributed by atoms with van der Waals surface area (Å²) in [4.78, 5) is 32.3. The van der Waals surface area contributed by atoms with E-state index in [0.717, 1.165) is 5.56 Å². The van der Waals surface area contributed by atoms with E-state index >= 15 is 0 Å². The Balaban J connectivity index is 1.92. The van der Waals surface area contributed by atoms with Crippen molar-refractivity contribution in [3.8, 4) is 0 Å². The molecule has 7 nitrogen and oxygen atoms in total. The molecule has 3 rings (SSSR count). The van der Waals surface area contributed by atoms with Gasteiger partial charge in [0.15, 0.2) is 0 Å². The van der Waals surface area contributed by atoms with Crippen molar-refractivity contribution in [2.24, 2.45) is 0 Å². The maximum atomic E-state index is 12.3. The topological polar surface area (TPSA) is 92.1 Å². The number of rotatable bonds is 5. The fourth-order valence-electron chi connectivity index (χ4n) is 2.96. The first-order valence-electron chi connectivity index (χ1n) is 8.33. The third kappa shape index (κ3) is 3.34. The Morgan fingerprint density at radius 2 is 1.85 bits per heavy atom. The van der Waals surface area contributed by atoms with Crippen molar-refractivity contribution in [2.75, 3.05) is 7.05 Å². The minimum atomic E-state index is -0.401. The number of hydrogen-bond acceptors (Lipinski definition) is 5. The number of aromatic nitrogens is 2. The summed E-state index contributed by atoms with van der Waals surface area (Å²) in [5, 5.41) is 11.6. The Labute approximate surface area is 150 Å². The third-order valence-corrected chi connectivity index (χ3v) is 4.81. The van der Waals surface area contributed by atoms with Crippen molar-refractivity contribution >= 4 is 16.6 Å². The molecule has 0 unspecified atom stereocenters. The second kappa shape index (κ2) is 7.05. The molecule has 134 valence electrons. The van der Waals surface area contributed by atoms with Crippen molar-refractivity contribution < 1.29 is 4.92 Å². The second-order valence-corrected chi connectivity index (χ2v) is 6.34. The van der Waals surface area contributed by atoms with Gasteiger partial charge in [0, 0.05) is 18.2 Å². The van der Waals surface area contributed by atoms with Crippen LogP contribution in [0.1, 0.15) is 37.3 Å². The van der Waals surface area contributed by atoms with Crippen molar-refractivity contribution in [2.45, 2.75) is 25.9 Å². The highest BCUT2D eigenvalue weighted by Crippen LogP contribution is 2.28. The van der Waals surface area contributed by atoms with Crippen LogP contribution in [0.4, 0.5) is 5.69 Å². The molecule has 0 saturated carbocycles. The fourth-order valence-corrected chi connectivity index (χ4v) is 2.96. The van der Waals surface area contributed by atoms with Gasteiger partial charge in [-0.15, -0.1) is 0 Å². The van der Waals surface area contributed by atoms with Crippen LogP contribution in [0.2, 0.25) is 0 Å². The molecule has 1 aromatic heterocycles. The minimum absolute atomic E-state index is 0.0626. The average molecular weight is 352 g/mol. The number of nitrogens with zero attached hydrogens (tertiary/aromatic N) is 3. The number of para-hydroxylation sites is 1. The van der Waals surface area contributed by atoms with Crippen molar-refractivity contribution in [3.05, 3.63) is 80.4 Å². The van der Waals surface area contributed by atoms with Gasteiger partial charge in [0.25, 0.3) is 11.2 Å². The van der Waals surface area contributed by atoms with E-state index in [1.165, 1.54) is 6.07 Å². The van der Waals surface area contributed by atoms with Crippen LogP contribution in [0.15, 0.2) is 53.3 Å². The number of aromatic amines is 1. The van der Waals surface area contributed by atoms with Gasteiger partial charge in [-0.25, -0.2) is 4.98 Å².